The largest absolute Gasteiger partial charge is 0.497 e. The van der Waals surface area contributed by atoms with Gasteiger partial charge in [0.25, 0.3) is 5.91 Å². The molecule has 0 fully saturated rings. The van der Waals surface area contributed by atoms with Gasteiger partial charge in [0.05, 0.1) is 32.1 Å². The van der Waals surface area contributed by atoms with E-state index in [1.807, 2.05) is 31.2 Å². The highest BCUT2D eigenvalue weighted by Gasteiger charge is 2.14. The monoisotopic (exact) mass is 379 g/mol. The van der Waals surface area contributed by atoms with Gasteiger partial charge in [0.15, 0.2) is 0 Å². The van der Waals surface area contributed by atoms with Crippen LogP contribution in [0.4, 0.5) is 5.69 Å². The van der Waals surface area contributed by atoms with Crippen LogP contribution in [0.25, 0.3) is 11.3 Å². The summed E-state index contributed by atoms with van der Waals surface area (Å²) < 4.78 is 15.8. The molecule has 0 atom stereocenters. The lowest BCUT2D eigenvalue weighted by Crippen LogP contribution is -2.13. The van der Waals surface area contributed by atoms with Crippen molar-refractivity contribution in [2.45, 2.75) is 6.92 Å². The van der Waals surface area contributed by atoms with Crippen molar-refractivity contribution < 1.29 is 19.0 Å². The summed E-state index contributed by atoms with van der Waals surface area (Å²) >= 11 is 0. The number of hydrogen-bond acceptors (Lipinski definition) is 6. The number of carbonyl (C=O) groups is 1. The van der Waals surface area contributed by atoms with Crippen molar-refractivity contribution in [3.05, 3.63) is 60.2 Å². The van der Waals surface area contributed by atoms with Crippen molar-refractivity contribution in [1.29, 1.82) is 0 Å². The summed E-state index contributed by atoms with van der Waals surface area (Å²) in [5.41, 5.74) is 2.56. The van der Waals surface area contributed by atoms with Gasteiger partial charge in [-0.3, -0.25) is 4.79 Å². The number of aromatic nitrogens is 2. The normalized spacial score (nSPS) is 10.2. The van der Waals surface area contributed by atoms with Gasteiger partial charge >= 0.3 is 0 Å². The Kier molecular flexibility index (Phi) is 6.06. The highest BCUT2D eigenvalue weighted by Crippen LogP contribution is 2.26. The Bertz CT molecular complexity index is 958. The number of nitrogens with one attached hydrogen (secondary N) is 1. The van der Waals surface area contributed by atoms with Crippen LogP contribution in [0.15, 0.2) is 54.6 Å². The van der Waals surface area contributed by atoms with Crippen LogP contribution in [-0.4, -0.2) is 36.9 Å². The van der Waals surface area contributed by atoms with E-state index in [-0.39, 0.29) is 5.91 Å². The Labute approximate surface area is 163 Å². The predicted molar refractivity (Wildman–Crippen MR) is 106 cm³/mol. The number of rotatable bonds is 7. The van der Waals surface area contributed by atoms with Gasteiger partial charge in [-0.25, -0.2) is 0 Å². The fourth-order valence-corrected chi connectivity index (χ4v) is 2.64. The van der Waals surface area contributed by atoms with Crippen LogP contribution >= 0.6 is 0 Å². The molecule has 0 saturated carbocycles. The predicted octanol–water partition coefficient (Wildman–Crippen LogP) is 3.81. The van der Waals surface area contributed by atoms with Crippen LogP contribution in [0.3, 0.4) is 0 Å². The number of amides is 1. The molecule has 1 aromatic heterocycles. The SMILES string of the molecule is CCOc1ccc(-c2cccc(NC(=O)c3ccc(OC)cc3OC)c2)nn1. The molecule has 3 aromatic rings. The third-order valence-electron chi connectivity index (χ3n) is 4.00. The second-order valence-electron chi connectivity index (χ2n) is 5.79. The molecule has 0 aliphatic heterocycles. The quantitative estimate of drug-likeness (QED) is 0.672. The first kappa shape index (κ1) is 19.2. The first-order valence-corrected chi connectivity index (χ1v) is 8.75. The van der Waals surface area contributed by atoms with Crippen molar-refractivity contribution in [1.82, 2.24) is 10.2 Å². The van der Waals surface area contributed by atoms with Crippen molar-refractivity contribution in [3.63, 3.8) is 0 Å². The maximum atomic E-state index is 12.7. The molecule has 28 heavy (non-hydrogen) atoms. The average molecular weight is 379 g/mol. The number of anilines is 1. The van der Waals surface area contributed by atoms with Gasteiger partial charge in [0, 0.05) is 23.4 Å². The molecule has 1 N–H and O–H groups in total. The van der Waals surface area contributed by atoms with E-state index in [1.165, 1.54) is 7.11 Å². The van der Waals surface area contributed by atoms with Crippen LogP contribution in [-0.2, 0) is 0 Å². The van der Waals surface area contributed by atoms with Crippen molar-refractivity contribution >= 4 is 11.6 Å². The zero-order chi connectivity index (χ0) is 19.9. The molecular formula is C21H21N3O4. The van der Waals surface area contributed by atoms with Gasteiger partial charge in [0.2, 0.25) is 5.88 Å². The fourth-order valence-electron chi connectivity index (χ4n) is 2.64. The minimum absolute atomic E-state index is 0.283. The summed E-state index contributed by atoms with van der Waals surface area (Å²) in [7, 11) is 3.07. The van der Waals surface area contributed by atoms with Crippen LogP contribution < -0.4 is 19.5 Å². The number of benzene rings is 2. The van der Waals surface area contributed by atoms with Crippen LogP contribution in [0, 0.1) is 0 Å². The average Bonchev–Trinajstić information content (AvgIpc) is 2.74. The van der Waals surface area contributed by atoms with E-state index in [1.54, 1.807) is 37.4 Å². The zero-order valence-electron chi connectivity index (χ0n) is 15.9. The molecule has 0 radical (unpaired) electrons. The third kappa shape index (κ3) is 4.37. The van der Waals surface area contributed by atoms with Crippen molar-refractivity contribution in [3.8, 4) is 28.6 Å². The summed E-state index contributed by atoms with van der Waals surface area (Å²) in [6, 6.07) is 16.0. The van der Waals surface area contributed by atoms with Crippen molar-refractivity contribution in [2.24, 2.45) is 0 Å². The van der Waals surface area contributed by atoms with Crippen LogP contribution in [0.5, 0.6) is 17.4 Å². The summed E-state index contributed by atoms with van der Waals surface area (Å²) in [5, 5.41) is 11.1. The summed E-state index contributed by atoms with van der Waals surface area (Å²) in [5.74, 6) is 1.24. The molecule has 2 aromatic carbocycles. The smallest absolute Gasteiger partial charge is 0.259 e. The molecule has 0 bridgehead atoms. The molecule has 0 aliphatic carbocycles. The molecule has 0 aliphatic rings. The second kappa shape index (κ2) is 8.85. The van der Waals surface area contributed by atoms with E-state index in [0.717, 1.165) is 5.56 Å². The molecule has 7 nitrogen and oxygen atoms in total. The maximum Gasteiger partial charge on any atom is 0.259 e. The molecule has 0 unspecified atom stereocenters. The number of hydrogen-bond donors (Lipinski definition) is 1. The lowest BCUT2D eigenvalue weighted by molar-refractivity contribution is 0.102. The Morgan fingerprint density at radius 2 is 1.86 bits per heavy atom. The molecule has 7 heteroatoms. The summed E-state index contributed by atoms with van der Waals surface area (Å²) in [4.78, 5) is 12.7. The standard InChI is InChI=1S/C21H21N3O4/c1-4-28-20-11-10-18(23-24-20)14-6-5-7-15(12-14)22-21(25)17-9-8-16(26-2)13-19(17)27-3/h5-13H,4H2,1-3H3,(H,22,25). The molecule has 3 rings (SSSR count). The molecule has 1 amide bonds. The van der Waals surface area contributed by atoms with E-state index in [9.17, 15) is 4.79 Å². The minimum Gasteiger partial charge on any atom is -0.497 e. The minimum atomic E-state index is -0.283. The van der Waals surface area contributed by atoms with Gasteiger partial charge in [-0.1, -0.05) is 12.1 Å². The van der Waals surface area contributed by atoms with Gasteiger partial charge in [0.1, 0.15) is 11.5 Å². The molecule has 0 spiro atoms. The van der Waals surface area contributed by atoms with Gasteiger partial charge < -0.3 is 19.5 Å². The van der Waals surface area contributed by atoms with E-state index in [0.29, 0.717) is 40.9 Å². The van der Waals surface area contributed by atoms with Crippen LogP contribution in [0.1, 0.15) is 17.3 Å². The molecule has 0 saturated heterocycles. The number of ether oxygens (including phenoxy) is 3. The Balaban J connectivity index is 1.80. The summed E-state index contributed by atoms with van der Waals surface area (Å²) in [6.45, 7) is 2.42. The van der Waals surface area contributed by atoms with Gasteiger partial charge in [-0.2, -0.15) is 0 Å². The first-order valence-electron chi connectivity index (χ1n) is 8.75. The second-order valence-corrected chi connectivity index (χ2v) is 5.79. The lowest BCUT2D eigenvalue weighted by atomic mass is 10.1. The maximum absolute atomic E-state index is 12.7. The van der Waals surface area contributed by atoms with E-state index >= 15 is 0 Å². The fraction of sp³-hybridized carbons (Fsp3) is 0.190. The highest BCUT2D eigenvalue weighted by molar-refractivity contribution is 6.06. The van der Waals surface area contributed by atoms with Crippen molar-refractivity contribution in [2.75, 3.05) is 26.1 Å². The Morgan fingerprint density at radius 1 is 1.00 bits per heavy atom. The summed E-state index contributed by atoms with van der Waals surface area (Å²) in [6.07, 6.45) is 0. The Hall–Kier alpha value is -3.61. The first-order chi connectivity index (χ1) is 13.6. The molecule has 1 heterocycles. The van der Waals surface area contributed by atoms with Gasteiger partial charge in [-0.15, -0.1) is 10.2 Å². The van der Waals surface area contributed by atoms with E-state index in [4.69, 9.17) is 14.2 Å². The zero-order valence-corrected chi connectivity index (χ0v) is 15.9. The lowest BCUT2D eigenvalue weighted by Gasteiger charge is -2.11. The topological polar surface area (TPSA) is 82.6 Å². The highest BCUT2D eigenvalue weighted by atomic mass is 16.5. The number of methoxy groups -OCH3 is 2. The number of nitrogens with zero attached hydrogens (tertiary/aromatic N) is 2. The molecular weight excluding hydrogens is 358 g/mol. The van der Waals surface area contributed by atoms with Crippen LogP contribution in [0.2, 0.25) is 0 Å². The molecule has 144 valence electrons. The van der Waals surface area contributed by atoms with E-state index < -0.39 is 0 Å². The Morgan fingerprint density at radius 3 is 2.54 bits per heavy atom. The van der Waals surface area contributed by atoms with E-state index in [2.05, 4.69) is 15.5 Å². The number of carbonyl (C=O) groups excluding carboxylic acids is 1. The van der Waals surface area contributed by atoms with Gasteiger partial charge in [-0.05, 0) is 37.3 Å². The third-order valence-corrected chi connectivity index (χ3v) is 4.00.